The van der Waals surface area contributed by atoms with Gasteiger partial charge in [0.2, 0.25) is 0 Å². The van der Waals surface area contributed by atoms with Gasteiger partial charge in [-0.2, -0.15) is 0 Å². The SMILES string of the molecule is CC(C)n1nnc2cc(CN)ccc21. The van der Waals surface area contributed by atoms with Crippen LogP contribution in [-0.2, 0) is 6.54 Å². The molecule has 0 saturated heterocycles. The van der Waals surface area contributed by atoms with Gasteiger partial charge in [0.05, 0.1) is 5.52 Å². The van der Waals surface area contributed by atoms with E-state index in [1.165, 1.54) is 0 Å². The van der Waals surface area contributed by atoms with Gasteiger partial charge in [0.15, 0.2) is 0 Å². The molecule has 2 rings (SSSR count). The van der Waals surface area contributed by atoms with E-state index in [1.54, 1.807) is 0 Å². The molecule has 14 heavy (non-hydrogen) atoms. The number of rotatable bonds is 2. The smallest absolute Gasteiger partial charge is 0.113 e. The molecule has 1 aromatic carbocycles. The maximum atomic E-state index is 5.55. The summed E-state index contributed by atoms with van der Waals surface area (Å²) >= 11 is 0. The van der Waals surface area contributed by atoms with Crippen molar-refractivity contribution in [3.8, 4) is 0 Å². The van der Waals surface area contributed by atoms with Crippen LogP contribution < -0.4 is 5.73 Å². The highest BCUT2D eigenvalue weighted by molar-refractivity contribution is 5.75. The van der Waals surface area contributed by atoms with E-state index in [1.807, 2.05) is 22.9 Å². The van der Waals surface area contributed by atoms with Crippen LogP contribution in [0.25, 0.3) is 11.0 Å². The van der Waals surface area contributed by atoms with E-state index in [0.717, 1.165) is 16.6 Å². The van der Waals surface area contributed by atoms with Gasteiger partial charge >= 0.3 is 0 Å². The fourth-order valence-corrected chi connectivity index (χ4v) is 1.50. The van der Waals surface area contributed by atoms with Gasteiger partial charge in [-0.25, -0.2) is 4.68 Å². The van der Waals surface area contributed by atoms with Gasteiger partial charge in [0, 0.05) is 12.6 Å². The summed E-state index contributed by atoms with van der Waals surface area (Å²) in [5.41, 5.74) is 8.63. The lowest BCUT2D eigenvalue weighted by Gasteiger charge is -2.05. The van der Waals surface area contributed by atoms with Crippen molar-refractivity contribution in [3.63, 3.8) is 0 Å². The van der Waals surface area contributed by atoms with Crippen LogP contribution in [0, 0.1) is 0 Å². The number of aromatic nitrogens is 3. The molecular weight excluding hydrogens is 176 g/mol. The quantitative estimate of drug-likeness (QED) is 0.780. The molecule has 1 heterocycles. The fourth-order valence-electron chi connectivity index (χ4n) is 1.50. The third-order valence-electron chi connectivity index (χ3n) is 2.26. The maximum Gasteiger partial charge on any atom is 0.113 e. The van der Waals surface area contributed by atoms with Crippen LogP contribution in [0.15, 0.2) is 18.2 Å². The highest BCUT2D eigenvalue weighted by Crippen LogP contribution is 2.16. The predicted molar refractivity (Wildman–Crippen MR) is 55.8 cm³/mol. The van der Waals surface area contributed by atoms with Crippen molar-refractivity contribution in [3.05, 3.63) is 23.8 Å². The fraction of sp³-hybridized carbons (Fsp3) is 0.400. The van der Waals surface area contributed by atoms with Crippen molar-refractivity contribution in [2.45, 2.75) is 26.4 Å². The van der Waals surface area contributed by atoms with Crippen LogP contribution in [0.1, 0.15) is 25.5 Å². The molecule has 0 atom stereocenters. The predicted octanol–water partition coefficient (Wildman–Crippen LogP) is 1.47. The van der Waals surface area contributed by atoms with Crippen LogP contribution in [-0.4, -0.2) is 15.0 Å². The molecule has 0 radical (unpaired) electrons. The Morgan fingerprint density at radius 3 is 2.86 bits per heavy atom. The molecule has 0 aliphatic heterocycles. The van der Waals surface area contributed by atoms with Crippen LogP contribution in [0.4, 0.5) is 0 Å². The van der Waals surface area contributed by atoms with Gasteiger partial charge in [-0.05, 0) is 31.5 Å². The van der Waals surface area contributed by atoms with Crippen molar-refractivity contribution in [2.24, 2.45) is 5.73 Å². The van der Waals surface area contributed by atoms with Gasteiger partial charge in [-0.1, -0.05) is 11.3 Å². The lowest BCUT2D eigenvalue weighted by atomic mass is 10.2. The summed E-state index contributed by atoms with van der Waals surface area (Å²) in [5, 5.41) is 8.20. The standard InChI is InChI=1S/C10H14N4/c1-7(2)14-10-4-3-8(6-11)5-9(10)12-13-14/h3-5,7H,6,11H2,1-2H3. The minimum atomic E-state index is 0.337. The second-order valence-electron chi connectivity index (χ2n) is 3.65. The first-order valence-electron chi connectivity index (χ1n) is 4.76. The minimum absolute atomic E-state index is 0.337. The van der Waals surface area contributed by atoms with Gasteiger partial charge in [-0.3, -0.25) is 0 Å². The van der Waals surface area contributed by atoms with Crippen molar-refractivity contribution in [1.82, 2.24) is 15.0 Å². The van der Waals surface area contributed by atoms with E-state index in [-0.39, 0.29) is 0 Å². The number of nitrogens with two attached hydrogens (primary N) is 1. The molecule has 0 fully saturated rings. The highest BCUT2D eigenvalue weighted by Gasteiger charge is 2.06. The zero-order chi connectivity index (χ0) is 10.1. The van der Waals surface area contributed by atoms with E-state index in [9.17, 15) is 0 Å². The first-order valence-corrected chi connectivity index (χ1v) is 4.76. The summed E-state index contributed by atoms with van der Waals surface area (Å²) in [6.45, 7) is 4.72. The Morgan fingerprint density at radius 1 is 1.43 bits per heavy atom. The molecule has 0 spiro atoms. The Morgan fingerprint density at radius 2 is 2.21 bits per heavy atom. The summed E-state index contributed by atoms with van der Waals surface area (Å²) < 4.78 is 1.91. The summed E-state index contributed by atoms with van der Waals surface area (Å²) in [6.07, 6.45) is 0. The topological polar surface area (TPSA) is 56.7 Å². The molecule has 4 heteroatoms. The molecule has 2 N–H and O–H groups in total. The number of nitrogens with zero attached hydrogens (tertiary/aromatic N) is 3. The number of hydrogen-bond donors (Lipinski definition) is 1. The third-order valence-corrected chi connectivity index (χ3v) is 2.26. The van der Waals surface area contributed by atoms with Crippen LogP contribution in [0.5, 0.6) is 0 Å². The van der Waals surface area contributed by atoms with Crippen LogP contribution >= 0.6 is 0 Å². The third kappa shape index (κ3) is 1.37. The molecule has 0 aliphatic carbocycles. The van der Waals surface area contributed by atoms with Gasteiger partial charge < -0.3 is 5.73 Å². The molecule has 0 bridgehead atoms. The summed E-state index contributed by atoms with van der Waals surface area (Å²) in [6, 6.07) is 6.37. The summed E-state index contributed by atoms with van der Waals surface area (Å²) in [5.74, 6) is 0. The molecule has 0 unspecified atom stereocenters. The zero-order valence-electron chi connectivity index (χ0n) is 8.44. The van der Waals surface area contributed by atoms with E-state index in [0.29, 0.717) is 12.6 Å². The van der Waals surface area contributed by atoms with E-state index in [4.69, 9.17) is 5.73 Å². The van der Waals surface area contributed by atoms with E-state index in [2.05, 4.69) is 24.2 Å². The maximum absolute atomic E-state index is 5.55. The van der Waals surface area contributed by atoms with Crippen molar-refractivity contribution in [1.29, 1.82) is 0 Å². The summed E-state index contributed by atoms with van der Waals surface area (Å²) in [4.78, 5) is 0. The van der Waals surface area contributed by atoms with Crippen molar-refractivity contribution >= 4 is 11.0 Å². The lowest BCUT2D eigenvalue weighted by molar-refractivity contribution is 0.530. The molecule has 74 valence electrons. The normalized spacial score (nSPS) is 11.4. The molecule has 0 amide bonds. The Balaban J connectivity index is 2.59. The monoisotopic (exact) mass is 190 g/mol. The average Bonchev–Trinajstić information content (AvgIpc) is 2.59. The Kier molecular flexibility index (Phi) is 2.21. The molecule has 0 aliphatic rings. The minimum Gasteiger partial charge on any atom is -0.326 e. The molecule has 2 aromatic rings. The number of fused-ring (bicyclic) bond motifs is 1. The lowest BCUT2D eigenvalue weighted by Crippen LogP contribution is -2.02. The van der Waals surface area contributed by atoms with Gasteiger partial charge in [0.25, 0.3) is 0 Å². The Labute approximate surface area is 82.7 Å². The Bertz CT molecular complexity index is 444. The molecular formula is C10H14N4. The molecule has 4 nitrogen and oxygen atoms in total. The average molecular weight is 190 g/mol. The number of benzene rings is 1. The van der Waals surface area contributed by atoms with Crippen LogP contribution in [0.3, 0.4) is 0 Å². The van der Waals surface area contributed by atoms with E-state index >= 15 is 0 Å². The first kappa shape index (κ1) is 9.15. The Hall–Kier alpha value is -1.42. The van der Waals surface area contributed by atoms with Gasteiger partial charge in [-0.15, -0.1) is 5.10 Å². The molecule has 1 aromatic heterocycles. The van der Waals surface area contributed by atoms with Crippen molar-refractivity contribution in [2.75, 3.05) is 0 Å². The van der Waals surface area contributed by atoms with Gasteiger partial charge in [0.1, 0.15) is 5.52 Å². The second kappa shape index (κ2) is 3.38. The van der Waals surface area contributed by atoms with Crippen LogP contribution in [0.2, 0.25) is 0 Å². The zero-order valence-corrected chi connectivity index (χ0v) is 8.44. The first-order chi connectivity index (χ1) is 6.72. The largest absolute Gasteiger partial charge is 0.326 e. The molecule has 0 saturated carbocycles. The van der Waals surface area contributed by atoms with E-state index < -0.39 is 0 Å². The highest BCUT2D eigenvalue weighted by atomic mass is 15.4. The summed E-state index contributed by atoms with van der Waals surface area (Å²) in [7, 11) is 0. The number of hydrogen-bond acceptors (Lipinski definition) is 3. The van der Waals surface area contributed by atoms with Crippen molar-refractivity contribution < 1.29 is 0 Å². The second-order valence-corrected chi connectivity index (χ2v) is 3.65.